The first-order valence-electron chi connectivity index (χ1n) is 6.89. The van der Waals surface area contributed by atoms with E-state index in [0.717, 1.165) is 11.0 Å². The van der Waals surface area contributed by atoms with Crippen LogP contribution in [0.1, 0.15) is 31.7 Å². The average molecular weight is 311 g/mol. The average Bonchev–Trinajstić information content (AvgIpc) is 2.40. The predicted molar refractivity (Wildman–Crippen MR) is 80.8 cm³/mol. The van der Waals surface area contributed by atoms with Gasteiger partial charge in [0.2, 0.25) is 0 Å². The number of benzene rings is 1. The zero-order valence-corrected chi connectivity index (χ0v) is 12.7. The molecule has 1 aliphatic heterocycles. The van der Waals surface area contributed by atoms with E-state index in [2.05, 4.69) is 52.0 Å². The summed E-state index contributed by atoms with van der Waals surface area (Å²) in [6.45, 7) is 6.58. The minimum absolute atomic E-state index is 0.189. The smallest absolute Gasteiger partial charge is 0.0178 e. The largest absolute Gasteiger partial charge is 0.330 e. The van der Waals surface area contributed by atoms with Crippen LogP contribution < -0.4 is 5.73 Å². The predicted octanol–water partition coefficient (Wildman–Crippen LogP) is 3.15. The minimum atomic E-state index is 0.189. The van der Waals surface area contributed by atoms with Crippen LogP contribution in [0.15, 0.2) is 28.7 Å². The van der Waals surface area contributed by atoms with Gasteiger partial charge in [0.25, 0.3) is 0 Å². The second-order valence-electron chi connectivity index (χ2n) is 5.34. The van der Waals surface area contributed by atoms with Gasteiger partial charge in [-0.25, -0.2) is 0 Å². The second-order valence-corrected chi connectivity index (χ2v) is 6.25. The molecular formula is C15H23BrN2. The van der Waals surface area contributed by atoms with Gasteiger partial charge in [-0.1, -0.05) is 35.0 Å². The first-order valence-corrected chi connectivity index (χ1v) is 7.68. The summed E-state index contributed by atoms with van der Waals surface area (Å²) in [4.78, 5) is 2.56. The van der Waals surface area contributed by atoms with Crippen LogP contribution in [-0.2, 0) is 5.41 Å². The van der Waals surface area contributed by atoms with Crippen molar-refractivity contribution in [3.05, 3.63) is 34.3 Å². The molecule has 2 rings (SSSR count). The molecule has 100 valence electrons. The Morgan fingerprint density at radius 3 is 2.61 bits per heavy atom. The highest BCUT2D eigenvalue weighted by Gasteiger charge is 2.34. The topological polar surface area (TPSA) is 29.3 Å². The van der Waals surface area contributed by atoms with Crippen LogP contribution >= 0.6 is 15.9 Å². The molecule has 2 N–H and O–H groups in total. The summed E-state index contributed by atoms with van der Waals surface area (Å²) in [7, 11) is 0. The van der Waals surface area contributed by atoms with Crippen molar-refractivity contribution >= 4 is 15.9 Å². The molecule has 0 spiro atoms. The maximum Gasteiger partial charge on any atom is 0.0178 e. The molecule has 2 nitrogen and oxygen atoms in total. The summed E-state index contributed by atoms with van der Waals surface area (Å²) < 4.78 is 1.16. The first-order chi connectivity index (χ1) is 8.70. The van der Waals surface area contributed by atoms with Crippen molar-refractivity contribution in [3.8, 4) is 0 Å². The highest BCUT2D eigenvalue weighted by molar-refractivity contribution is 9.10. The van der Waals surface area contributed by atoms with Crippen molar-refractivity contribution in [2.24, 2.45) is 5.73 Å². The van der Waals surface area contributed by atoms with Crippen molar-refractivity contribution < 1.29 is 0 Å². The molecule has 0 radical (unpaired) electrons. The van der Waals surface area contributed by atoms with Crippen molar-refractivity contribution in [1.29, 1.82) is 0 Å². The van der Waals surface area contributed by atoms with Gasteiger partial charge in [0, 0.05) is 16.4 Å². The number of halogens is 1. The van der Waals surface area contributed by atoms with Gasteiger partial charge >= 0.3 is 0 Å². The number of hydrogen-bond acceptors (Lipinski definition) is 2. The monoisotopic (exact) mass is 310 g/mol. The Kier molecular flexibility index (Phi) is 4.82. The summed E-state index contributed by atoms with van der Waals surface area (Å²) in [5.74, 6) is 0. The molecule has 1 aromatic rings. The summed E-state index contributed by atoms with van der Waals surface area (Å²) in [6, 6.07) is 8.67. The van der Waals surface area contributed by atoms with E-state index < -0.39 is 0 Å². The molecule has 1 saturated heterocycles. The number of nitrogens with two attached hydrogens (primary N) is 1. The molecule has 1 aliphatic rings. The van der Waals surface area contributed by atoms with Crippen molar-refractivity contribution in [1.82, 2.24) is 4.90 Å². The van der Waals surface area contributed by atoms with Gasteiger partial charge < -0.3 is 10.6 Å². The van der Waals surface area contributed by atoms with E-state index in [9.17, 15) is 0 Å². The number of likely N-dealkylation sites (tertiary alicyclic amines) is 1. The van der Waals surface area contributed by atoms with E-state index in [-0.39, 0.29) is 5.41 Å². The summed E-state index contributed by atoms with van der Waals surface area (Å²) in [5.41, 5.74) is 7.69. The summed E-state index contributed by atoms with van der Waals surface area (Å²) in [5, 5.41) is 0. The van der Waals surface area contributed by atoms with Crippen LogP contribution in [0.5, 0.6) is 0 Å². The van der Waals surface area contributed by atoms with E-state index in [4.69, 9.17) is 5.73 Å². The third kappa shape index (κ3) is 2.95. The highest BCUT2D eigenvalue weighted by Crippen LogP contribution is 2.35. The summed E-state index contributed by atoms with van der Waals surface area (Å²) >= 11 is 3.57. The number of piperidine rings is 1. The fourth-order valence-corrected chi connectivity index (χ4v) is 3.35. The lowest BCUT2D eigenvalue weighted by atomic mass is 9.73. The Bertz CT molecular complexity index is 384. The molecule has 18 heavy (non-hydrogen) atoms. The lowest BCUT2D eigenvalue weighted by molar-refractivity contribution is 0.162. The molecule has 0 amide bonds. The number of hydrogen-bond donors (Lipinski definition) is 1. The van der Waals surface area contributed by atoms with Crippen molar-refractivity contribution in [3.63, 3.8) is 0 Å². The van der Waals surface area contributed by atoms with E-state index in [0.29, 0.717) is 0 Å². The summed E-state index contributed by atoms with van der Waals surface area (Å²) in [6.07, 6.45) is 3.60. The molecule has 1 heterocycles. The molecule has 0 atom stereocenters. The van der Waals surface area contributed by atoms with Gasteiger partial charge in [-0.3, -0.25) is 0 Å². The van der Waals surface area contributed by atoms with E-state index in [1.807, 2.05) is 0 Å². The minimum Gasteiger partial charge on any atom is -0.330 e. The number of nitrogens with zero attached hydrogens (tertiary/aromatic N) is 1. The molecule has 0 unspecified atom stereocenters. The third-order valence-electron chi connectivity index (χ3n) is 4.18. The van der Waals surface area contributed by atoms with E-state index in [1.54, 1.807) is 0 Å². The van der Waals surface area contributed by atoms with Crippen molar-refractivity contribution in [2.45, 2.75) is 31.6 Å². The Hall–Kier alpha value is -0.380. The maximum absolute atomic E-state index is 6.11. The molecule has 3 heteroatoms. The van der Waals surface area contributed by atoms with Gasteiger partial charge in [-0.15, -0.1) is 0 Å². The fraction of sp³-hybridized carbons (Fsp3) is 0.600. The quantitative estimate of drug-likeness (QED) is 0.925. The highest BCUT2D eigenvalue weighted by atomic mass is 79.9. The SMILES string of the molecule is CCCN1CCC(CN)(c2cccc(Br)c2)CC1. The Morgan fingerprint density at radius 1 is 1.33 bits per heavy atom. The Morgan fingerprint density at radius 2 is 2.06 bits per heavy atom. The lowest BCUT2D eigenvalue weighted by Gasteiger charge is -2.41. The molecule has 1 aromatic carbocycles. The molecule has 0 bridgehead atoms. The van der Waals surface area contributed by atoms with Crippen LogP contribution in [0.4, 0.5) is 0 Å². The van der Waals surface area contributed by atoms with Crippen molar-refractivity contribution in [2.75, 3.05) is 26.2 Å². The Labute approximate surface area is 119 Å². The number of rotatable bonds is 4. The van der Waals surface area contributed by atoms with Gasteiger partial charge in [0.15, 0.2) is 0 Å². The van der Waals surface area contributed by atoms with Crippen LogP contribution in [0.2, 0.25) is 0 Å². The molecular weight excluding hydrogens is 288 g/mol. The molecule has 0 aromatic heterocycles. The van der Waals surface area contributed by atoms with E-state index in [1.165, 1.54) is 44.5 Å². The Balaban J connectivity index is 2.13. The van der Waals surface area contributed by atoms with Gasteiger partial charge in [-0.2, -0.15) is 0 Å². The van der Waals surface area contributed by atoms with Crippen LogP contribution in [0.3, 0.4) is 0 Å². The molecule has 0 saturated carbocycles. The van der Waals surface area contributed by atoms with Crippen LogP contribution in [-0.4, -0.2) is 31.1 Å². The standard InChI is InChI=1S/C15H23BrN2/c1-2-8-18-9-6-15(12-17,7-10-18)13-4-3-5-14(16)11-13/h3-5,11H,2,6-10,12,17H2,1H3. The van der Waals surface area contributed by atoms with Gasteiger partial charge in [-0.05, 0) is 56.6 Å². The zero-order chi connectivity index (χ0) is 13.0. The van der Waals surface area contributed by atoms with Crippen LogP contribution in [0.25, 0.3) is 0 Å². The van der Waals surface area contributed by atoms with Gasteiger partial charge in [0.1, 0.15) is 0 Å². The van der Waals surface area contributed by atoms with Crippen LogP contribution in [0, 0.1) is 0 Å². The first kappa shape index (κ1) is 14.0. The molecule has 1 fully saturated rings. The fourth-order valence-electron chi connectivity index (χ4n) is 2.95. The lowest BCUT2D eigenvalue weighted by Crippen LogP contribution is -2.46. The normalized spacial score (nSPS) is 19.9. The zero-order valence-electron chi connectivity index (χ0n) is 11.2. The van der Waals surface area contributed by atoms with E-state index >= 15 is 0 Å². The molecule has 0 aliphatic carbocycles. The maximum atomic E-state index is 6.11. The second kappa shape index (κ2) is 6.18. The van der Waals surface area contributed by atoms with Gasteiger partial charge in [0.05, 0.1) is 0 Å². The third-order valence-corrected chi connectivity index (χ3v) is 4.67.